The third kappa shape index (κ3) is 4.62. The second-order valence-electron chi connectivity index (χ2n) is 8.44. The van der Waals surface area contributed by atoms with Gasteiger partial charge in [0.05, 0.1) is 29.3 Å². The summed E-state index contributed by atoms with van der Waals surface area (Å²) in [4.78, 5) is 4.64. The number of hydrogen-bond donors (Lipinski definition) is 2. The van der Waals surface area contributed by atoms with Crippen molar-refractivity contribution in [3.63, 3.8) is 0 Å². The monoisotopic (exact) mass is 557 g/mol. The number of benzene rings is 3. The molecule has 1 aliphatic heterocycles. The zero-order valence-corrected chi connectivity index (χ0v) is 21.4. The fraction of sp³-hybridized carbons (Fsp3) is 0.0714. The second kappa shape index (κ2) is 9.79. The predicted molar refractivity (Wildman–Crippen MR) is 150 cm³/mol. The first-order chi connectivity index (χ1) is 17.6. The molecule has 0 radical (unpaired) electrons. The van der Waals surface area contributed by atoms with Crippen molar-refractivity contribution >= 4 is 61.4 Å². The average molecular weight is 558 g/mol. The highest BCUT2D eigenvalue weighted by molar-refractivity contribution is 9.10. The largest absolute Gasteiger partial charge is 0.355 e. The van der Waals surface area contributed by atoms with Gasteiger partial charge in [-0.25, -0.2) is 4.39 Å². The molecule has 0 saturated carbocycles. The highest BCUT2D eigenvalue weighted by Gasteiger charge is 2.17. The third-order valence-corrected chi connectivity index (χ3v) is 7.48. The van der Waals surface area contributed by atoms with Crippen LogP contribution in [0.1, 0.15) is 16.8 Å². The fourth-order valence-corrected chi connectivity index (χ4v) is 5.39. The van der Waals surface area contributed by atoms with Crippen LogP contribution in [0.5, 0.6) is 0 Å². The van der Waals surface area contributed by atoms with E-state index in [1.807, 2.05) is 42.6 Å². The molecule has 5 nitrogen and oxygen atoms in total. The SMILES string of the molecule is Fc1ccc(Cn2c3ccccc3c3cc(C=NNC4NC(c5ccc(Br)cc5)=CS4)ncc32)cc1. The molecule has 0 fully saturated rings. The molecule has 1 aliphatic rings. The molecule has 0 amide bonds. The molecular weight excluding hydrogens is 537 g/mol. The highest BCUT2D eigenvalue weighted by atomic mass is 79.9. The molecule has 0 saturated heterocycles. The smallest absolute Gasteiger partial charge is 0.165 e. The number of halogens is 2. The van der Waals surface area contributed by atoms with Gasteiger partial charge in [0.15, 0.2) is 5.50 Å². The van der Waals surface area contributed by atoms with Gasteiger partial charge in [-0.15, -0.1) is 0 Å². The Hall–Kier alpha value is -3.62. The number of para-hydroxylation sites is 1. The number of aromatic nitrogens is 2. The quantitative estimate of drug-likeness (QED) is 0.180. The van der Waals surface area contributed by atoms with Gasteiger partial charge in [-0.1, -0.05) is 70.2 Å². The van der Waals surface area contributed by atoms with Gasteiger partial charge in [0.1, 0.15) is 5.82 Å². The summed E-state index contributed by atoms with van der Waals surface area (Å²) < 4.78 is 16.7. The Labute approximate surface area is 220 Å². The molecule has 2 aromatic heterocycles. The number of thioether (sulfide) groups is 1. The number of hydrogen-bond acceptors (Lipinski definition) is 5. The minimum atomic E-state index is -0.230. The summed E-state index contributed by atoms with van der Waals surface area (Å²) in [5.74, 6) is -0.230. The molecule has 178 valence electrons. The van der Waals surface area contributed by atoms with Crippen LogP contribution in [0.3, 0.4) is 0 Å². The van der Waals surface area contributed by atoms with Crippen LogP contribution < -0.4 is 10.7 Å². The van der Waals surface area contributed by atoms with Crippen LogP contribution in [0.4, 0.5) is 4.39 Å². The van der Waals surface area contributed by atoms with Crippen molar-refractivity contribution in [1.82, 2.24) is 20.3 Å². The Balaban J connectivity index is 1.21. The zero-order valence-electron chi connectivity index (χ0n) is 19.0. The Bertz CT molecular complexity index is 1610. The van der Waals surface area contributed by atoms with Crippen molar-refractivity contribution < 1.29 is 4.39 Å². The van der Waals surface area contributed by atoms with Crippen molar-refractivity contribution in [2.45, 2.75) is 12.0 Å². The summed E-state index contributed by atoms with van der Waals surface area (Å²) in [5.41, 5.74) is 9.24. The van der Waals surface area contributed by atoms with Crippen LogP contribution in [-0.2, 0) is 6.54 Å². The van der Waals surface area contributed by atoms with E-state index in [-0.39, 0.29) is 11.3 Å². The first kappa shape index (κ1) is 22.8. The van der Waals surface area contributed by atoms with Gasteiger partial charge < -0.3 is 9.88 Å². The molecule has 0 bridgehead atoms. The molecule has 0 spiro atoms. The second-order valence-corrected chi connectivity index (χ2v) is 10.3. The topological polar surface area (TPSA) is 54.2 Å². The molecule has 2 N–H and O–H groups in total. The number of fused-ring (bicyclic) bond motifs is 3. The van der Waals surface area contributed by atoms with E-state index in [2.05, 4.69) is 77.1 Å². The molecule has 3 aromatic carbocycles. The van der Waals surface area contributed by atoms with Gasteiger partial charge in [-0.3, -0.25) is 10.4 Å². The molecule has 1 atom stereocenters. The summed E-state index contributed by atoms with van der Waals surface area (Å²) >= 11 is 5.11. The van der Waals surface area contributed by atoms with Crippen molar-refractivity contribution in [2.75, 3.05) is 0 Å². The summed E-state index contributed by atoms with van der Waals surface area (Å²) in [7, 11) is 0. The Morgan fingerprint density at radius 1 is 1.03 bits per heavy atom. The van der Waals surface area contributed by atoms with E-state index in [1.165, 1.54) is 12.1 Å². The van der Waals surface area contributed by atoms with E-state index in [4.69, 9.17) is 0 Å². The van der Waals surface area contributed by atoms with E-state index in [1.54, 1.807) is 18.0 Å². The maximum atomic E-state index is 13.4. The molecule has 5 aromatic rings. The number of nitrogens with one attached hydrogen (secondary N) is 2. The molecule has 8 heteroatoms. The number of pyridine rings is 1. The van der Waals surface area contributed by atoms with Gasteiger partial charge in [0, 0.05) is 27.3 Å². The third-order valence-electron chi connectivity index (χ3n) is 6.09. The van der Waals surface area contributed by atoms with Gasteiger partial charge in [0.25, 0.3) is 0 Å². The lowest BCUT2D eigenvalue weighted by Gasteiger charge is -2.12. The maximum Gasteiger partial charge on any atom is 0.165 e. The number of hydrazone groups is 1. The van der Waals surface area contributed by atoms with E-state index >= 15 is 0 Å². The van der Waals surface area contributed by atoms with Gasteiger partial charge >= 0.3 is 0 Å². The van der Waals surface area contributed by atoms with E-state index in [0.29, 0.717) is 6.54 Å². The Morgan fingerprint density at radius 3 is 2.67 bits per heavy atom. The van der Waals surface area contributed by atoms with Crippen LogP contribution in [0, 0.1) is 5.82 Å². The Kier molecular flexibility index (Phi) is 6.21. The van der Waals surface area contributed by atoms with Crippen molar-refractivity contribution in [2.24, 2.45) is 5.10 Å². The van der Waals surface area contributed by atoms with Gasteiger partial charge in [0.2, 0.25) is 0 Å². The number of rotatable bonds is 6. The predicted octanol–water partition coefficient (Wildman–Crippen LogP) is 6.68. The molecule has 36 heavy (non-hydrogen) atoms. The maximum absolute atomic E-state index is 13.4. The Morgan fingerprint density at radius 2 is 1.83 bits per heavy atom. The average Bonchev–Trinajstić information content (AvgIpc) is 3.49. The molecular formula is C28H21BrFN5S. The molecule has 0 aliphatic carbocycles. The summed E-state index contributed by atoms with van der Waals surface area (Å²) in [6.45, 7) is 0.638. The lowest BCUT2D eigenvalue weighted by atomic mass is 10.2. The van der Waals surface area contributed by atoms with Gasteiger partial charge in [-0.05, 0) is 52.9 Å². The van der Waals surface area contributed by atoms with E-state index < -0.39 is 0 Å². The fourth-order valence-electron chi connectivity index (χ4n) is 4.33. The lowest BCUT2D eigenvalue weighted by molar-refractivity contribution is 0.626. The zero-order chi connectivity index (χ0) is 24.5. The van der Waals surface area contributed by atoms with Crippen molar-refractivity contribution in [1.29, 1.82) is 0 Å². The first-order valence-electron chi connectivity index (χ1n) is 11.4. The van der Waals surface area contributed by atoms with Crippen molar-refractivity contribution in [3.05, 3.63) is 118 Å². The van der Waals surface area contributed by atoms with Crippen LogP contribution in [0.2, 0.25) is 0 Å². The van der Waals surface area contributed by atoms with Crippen LogP contribution in [-0.4, -0.2) is 21.3 Å². The minimum absolute atomic E-state index is 0.0544. The summed E-state index contributed by atoms with van der Waals surface area (Å²) in [6.07, 6.45) is 3.63. The van der Waals surface area contributed by atoms with E-state index in [9.17, 15) is 4.39 Å². The van der Waals surface area contributed by atoms with Crippen LogP contribution >= 0.6 is 27.7 Å². The molecule has 6 rings (SSSR count). The minimum Gasteiger partial charge on any atom is -0.355 e. The molecule has 3 heterocycles. The lowest BCUT2D eigenvalue weighted by Crippen LogP contribution is -2.31. The molecule has 1 unspecified atom stereocenters. The highest BCUT2D eigenvalue weighted by Crippen LogP contribution is 2.30. The summed E-state index contributed by atoms with van der Waals surface area (Å²) in [5, 5.41) is 12.2. The van der Waals surface area contributed by atoms with E-state index in [0.717, 1.165) is 48.8 Å². The van der Waals surface area contributed by atoms with Crippen molar-refractivity contribution in [3.8, 4) is 0 Å². The number of nitrogens with zero attached hydrogens (tertiary/aromatic N) is 3. The standard InChI is InChI=1S/C28H21BrFN5S/c29-20-9-7-19(8-10-20)25-17-36-28(33-25)34-32-14-22-13-24-23-3-1-2-4-26(23)35(27(24)15-31-22)16-18-5-11-21(30)12-6-18/h1-15,17,28,33-34H,16H2. The van der Waals surface area contributed by atoms with Crippen LogP contribution in [0.15, 0.2) is 100 Å². The van der Waals surface area contributed by atoms with Gasteiger partial charge in [-0.2, -0.15) is 5.10 Å². The summed E-state index contributed by atoms with van der Waals surface area (Å²) in [6, 6.07) is 25.2. The first-order valence-corrected chi connectivity index (χ1v) is 13.2. The van der Waals surface area contributed by atoms with Crippen LogP contribution in [0.25, 0.3) is 27.5 Å². The normalized spacial score (nSPS) is 15.5.